The van der Waals surface area contributed by atoms with Crippen molar-refractivity contribution in [1.29, 1.82) is 0 Å². The van der Waals surface area contributed by atoms with Gasteiger partial charge in [0.25, 0.3) is 5.91 Å². The van der Waals surface area contributed by atoms with E-state index in [0.717, 1.165) is 32.7 Å². The summed E-state index contributed by atoms with van der Waals surface area (Å²) in [6, 6.07) is 7.57. The highest BCUT2D eigenvalue weighted by Gasteiger charge is 2.22. The van der Waals surface area contributed by atoms with Crippen LogP contribution in [0.3, 0.4) is 0 Å². The highest BCUT2D eigenvalue weighted by atomic mass is 35.5. The van der Waals surface area contributed by atoms with Gasteiger partial charge in [0.2, 0.25) is 0 Å². The zero-order chi connectivity index (χ0) is 14.7. The topological polar surface area (TPSA) is 36.4 Å². The third-order valence-corrected chi connectivity index (χ3v) is 4.66. The average molecular weight is 322 g/mol. The van der Waals surface area contributed by atoms with Crippen LogP contribution in [0.5, 0.6) is 0 Å². The summed E-state index contributed by atoms with van der Waals surface area (Å²) in [7, 11) is 0. The molecule has 0 aliphatic carbocycles. The lowest BCUT2D eigenvalue weighted by Crippen LogP contribution is -2.48. The molecule has 3 heterocycles. The van der Waals surface area contributed by atoms with Crippen LogP contribution >= 0.6 is 22.9 Å². The minimum Gasteiger partial charge on any atom is -0.336 e. The van der Waals surface area contributed by atoms with E-state index in [4.69, 9.17) is 11.6 Å². The number of aromatic nitrogens is 1. The second-order valence-electron chi connectivity index (χ2n) is 5.01. The Kier molecular flexibility index (Phi) is 4.53. The molecule has 110 valence electrons. The van der Waals surface area contributed by atoms with Gasteiger partial charge in [-0.3, -0.25) is 9.69 Å². The van der Waals surface area contributed by atoms with E-state index in [0.29, 0.717) is 10.7 Å². The number of thiophene rings is 1. The Morgan fingerprint density at radius 3 is 2.76 bits per heavy atom. The predicted molar refractivity (Wildman–Crippen MR) is 84.7 cm³/mol. The molecule has 4 nitrogen and oxygen atoms in total. The van der Waals surface area contributed by atoms with Crippen molar-refractivity contribution < 1.29 is 4.79 Å². The largest absolute Gasteiger partial charge is 0.336 e. The fourth-order valence-corrected chi connectivity index (χ4v) is 3.37. The second-order valence-corrected chi connectivity index (χ2v) is 6.43. The molecule has 1 saturated heterocycles. The molecule has 3 rings (SSSR count). The van der Waals surface area contributed by atoms with E-state index in [2.05, 4.69) is 27.4 Å². The van der Waals surface area contributed by atoms with Crippen molar-refractivity contribution in [2.75, 3.05) is 26.2 Å². The molecule has 21 heavy (non-hydrogen) atoms. The van der Waals surface area contributed by atoms with Crippen LogP contribution in [0.1, 0.15) is 15.2 Å². The Hall–Kier alpha value is -1.43. The number of rotatable bonds is 3. The number of amides is 1. The zero-order valence-corrected chi connectivity index (χ0v) is 13.1. The van der Waals surface area contributed by atoms with Gasteiger partial charge in [-0.05, 0) is 23.6 Å². The molecule has 1 aliphatic heterocycles. The fraction of sp³-hybridized carbons (Fsp3) is 0.333. The average Bonchev–Trinajstić information content (AvgIpc) is 3.00. The number of hydrogen-bond acceptors (Lipinski definition) is 4. The Bertz CT molecular complexity index is 609. The van der Waals surface area contributed by atoms with Gasteiger partial charge in [-0.1, -0.05) is 17.7 Å². The summed E-state index contributed by atoms with van der Waals surface area (Å²) in [5.41, 5.74) is 0.613. The van der Waals surface area contributed by atoms with Crippen LogP contribution in [-0.4, -0.2) is 46.9 Å². The predicted octanol–water partition coefficient (Wildman–Crippen LogP) is 2.75. The van der Waals surface area contributed by atoms with Crippen LogP contribution in [0, 0.1) is 0 Å². The summed E-state index contributed by atoms with van der Waals surface area (Å²) >= 11 is 7.62. The van der Waals surface area contributed by atoms with E-state index >= 15 is 0 Å². The van der Waals surface area contributed by atoms with Crippen molar-refractivity contribution in [2.24, 2.45) is 0 Å². The standard InChI is InChI=1S/C15H16ClN3OS/c16-14-10-12(3-4-17-14)15(20)19-7-5-18(6-8-19)11-13-2-1-9-21-13/h1-4,9-10H,5-8,11H2. The second kappa shape index (κ2) is 6.56. The SMILES string of the molecule is O=C(c1ccnc(Cl)c1)N1CCN(Cc2cccs2)CC1. The molecule has 1 fully saturated rings. The van der Waals surface area contributed by atoms with Gasteiger partial charge < -0.3 is 4.90 Å². The van der Waals surface area contributed by atoms with Crippen LogP contribution in [0.2, 0.25) is 5.15 Å². The Balaban J connectivity index is 1.57. The molecule has 1 aliphatic rings. The molecular weight excluding hydrogens is 306 g/mol. The van der Waals surface area contributed by atoms with E-state index in [1.807, 2.05) is 4.90 Å². The van der Waals surface area contributed by atoms with Crippen LogP contribution in [0.15, 0.2) is 35.8 Å². The summed E-state index contributed by atoms with van der Waals surface area (Å²) in [4.78, 5) is 21.9. The summed E-state index contributed by atoms with van der Waals surface area (Å²) in [5, 5.41) is 2.46. The maximum absolute atomic E-state index is 12.4. The van der Waals surface area contributed by atoms with E-state index in [-0.39, 0.29) is 5.91 Å². The molecule has 0 spiro atoms. The number of nitrogens with zero attached hydrogens (tertiary/aromatic N) is 3. The summed E-state index contributed by atoms with van der Waals surface area (Å²) in [6.07, 6.45) is 1.57. The van der Waals surface area contributed by atoms with Gasteiger partial charge in [0.1, 0.15) is 5.15 Å². The Labute approximate surface area is 133 Å². The van der Waals surface area contributed by atoms with Gasteiger partial charge in [-0.25, -0.2) is 4.98 Å². The van der Waals surface area contributed by atoms with Crippen molar-refractivity contribution in [2.45, 2.75) is 6.54 Å². The molecule has 6 heteroatoms. The lowest BCUT2D eigenvalue weighted by Gasteiger charge is -2.34. The molecule has 2 aromatic heterocycles. The molecule has 0 bridgehead atoms. The van der Waals surface area contributed by atoms with Gasteiger partial charge in [0, 0.05) is 49.4 Å². The minimum atomic E-state index is 0.0371. The number of pyridine rings is 1. The maximum atomic E-state index is 12.4. The van der Waals surface area contributed by atoms with Crippen LogP contribution in [0.4, 0.5) is 0 Å². The van der Waals surface area contributed by atoms with Crippen molar-refractivity contribution >= 4 is 28.8 Å². The van der Waals surface area contributed by atoms with E-state index in [1.165, 1.54) is 4.88 Å². The molecule has 0 saturated carbocycles. The normalized spacial score (nSPS) is 16.1. The first-order chi connectivity index (χ1) is 10.2. The molecular formula is C15H16ClN3OS. The lowest BCUT2D eigenvalue weighted by molar-refractivity contribution is 0.0629. The first kappa shape index (κ1) is 14.5. The van der Waals surface area contributed by atoms with Crippen LogP contribution < -0.4 is 0 Å². The molecule has 0 radical (unpaired) electrons. The number of carbonyl (C=O) groups excluding carboxylic acids is 1. The molecule has 0 N–H and O–H groups in total. The zero-order valence-electron chi connectivity index (χ0n) is 11.5. The highest BCUT2D eigenvalue weighted by Crippen LogP contribution is 2.15. The van der Waals surface area contributed by atoms with Gasteiger partial charge >= 0.3 is 0 Å². The quantitative estimate of drug-likeness (QED) is 0.816. The first-order valence-electron chi connectivity index (χ1n) is 6.88. The third-order valence-electron chi connectivity index (χ3n) is 3.59. The molecule has 0 aromatic carbocycles. The van der Waals surface area contributed by atoms with Gasteiger partial charge in [0.15, 0.2) is 0 Å². The van der Waals surface area contributed by atoms with Gasteiger partial charge in [-0.15, -0.1) is 11.3 Å². The Morgan fingerprint density at radius 1 is 1.29 bits per heavy atom. The molecule has 2 aromatic rings. The fourth-order valence-electron chi connectivity index (χ4n) is 2.45. The van der Waals surface area contributed by atoms with Crippen molar-refractivity contribution in [3.63, 3.8) is 0 Å². The van der Waals surface area contributed by atoms with Crippen molar-refractivity contribution in [3.8, 4) is 0 Å². The van der Waals surface area contributed by atoms with E-state index in [9.17, 15) is 4.79 Å². The number of piperazine rings is 1. The van der Waals surface area contributed by atoms with Crippen molar-refractivity contribution in [1.82, 2.24) is 14.8 Å². The highest BCUT2D eigenvalue weighted by molar-refractivity contribution is 7.09. The van der Waals surface area contributed by atoms with Gasteiger partial charge in [0.05, 0.1) is 0 Å². The molecule has 1 amide bonds. The summed E-state index contributed by atoms with van der Waals surface area (Å²) in [5.74, 6) is 0.0371. The maximum Gasteiger partial charge on any atom is 0.254 e. The summed E-state index contributed by atoms with van der Waals surface area (Å²) < 4.78 is 0. The van der Waals surface area contributed by atoms with Crippen LogP contribution in [0.25, 0.3) is 0 Å². The Morgan fingerprint density at radius 2 is 2.10 bits per heavy atom. The first-order valence-corrected chi connectivity index (χ1v) is 8.14. The van der Waals surface area contributed by atoms with Gasteiger partial charge in [-0.2, -0.15) is 0 Å². The minimum absolute atomic E-state index is 0.0371. The van der Waals surface area contributed by atoms with E-state index < -0.39 is 0 Å². The third kappa shape index (κ3) is 3.61. The number of carbonyl (C=O) groups is 1. The molecule has 0 atom stereocenters. The smallest absolute Gasteiger partial charge is 0.254 e. The van der Waals surface area contributed by atoms with E-state index in [1.54, 1.807) is 29.7 Å². The van der Waals surface area contributed by atoms with Crippen molar-refractivity contribution in [3.05, 3.63) is 51.4 Å². The number of hydrogen-bond donors (Lipinski definition) is 0. The molecule has 0 unspecified atom stereocenters. The monoisotopic (exact) mass is 321 g/mol. The summed E-state index contributed by atoms with van der Waals surface area (Å²) in [6.45, 7) is 4.29. The lowest BCUT2D eigenvalue weighted by atomic mass is 10.2. The van der Waals surface area contributed by atoms with Crippen LogP contribution in [-0.2, 0) is 6.54 Å². The number of halogens is 1.